The lowest BCUT2D eigenvalue weighted by Gasteiger charge is -2.30. The van der Waals surface area contributed by atoms with Gasteiger partial charge in [-0.15, -0.1) is 0 Å². The van der Waals surface area contributed by atoms with Crippen molar-refractivity contribution < 1.29 is 17.9 Å². The van der Waals surface area contributed by atoms with E-state index >= 15 is 0 Å². The highest BCUT2D eigenvalue weighted by Gasteiger charge is 2.32. The molecule has 3 rings (SSSR count). The predicted molar refractivity (Wildman–Crippen MR) is 118 cm³/mol. The number of anilines is 1. The summed E-state index contributed by atoms with van der Waals surface area (Å²) in [7, 11) is -0.703. The number of hydrogen-bond acceptors (Lipinski definition) is 4. The minimum absolute atomic E-state index is 0.146. The van der Waals surface area contributed by atoms with Crippen molar-refractivity contribution in [2.75, 3.05) is 25.0 Å². The summed E-state index contributed by atoms with van der Waals surface area (Å²) in [5.74, 6) is 0.189. The molecule has 6 nitrogen and oxygen atoms in total. The van der Waals surface area contributed by atoms with Crippen molar-refractivity contribution >= 4 is 21.6 Å². The van der Waals surface area contributed by atoms with Crippen LogP contribution in [0.15, 0.2) is 47.4 Å². The van der Waals surface area contributed by atoms with Crippen LogP contribution in [0.1, 0.15) is 36.8 Å². The first-order valence-electron chi connectivity index (χ1n) is 10.2. The second-order valence-corrected chi connectivity index (χ2v) is 9.81. The molecule has 7 heteroatoms. The van der Waals surface area contributed by atoms with Crippen LogP contribution in [-0.2, 0) is 14.8 Å². The molecule has 2 aromatic carbocycles. The SMILES string of the molecule is COc1ccc(C)cc1N(CC(=O)N(C)C1CCCC1)S(=O)(=O)c1ccc(C)cc1. The Morgan fingerprint density at radius 3 is 2.23 bits per heavy atom. The molecule has 0 radical (unpaired) electrons. The molecule has 1 saturated carbocycles. The van der Waals surface area contributed by atoms with Gasteiger partial charge in [0.15, 0.2) is 0 Å². The third-order valence-corrected chi connectivity index (χ3v) is 7.53. The van der Waals surface area contributed by atoms with E-state index in [0.717, 1.165) is 36.8 Å². The van der Waals surface area contributed by atoms with Gasteiger partial charge in [0.05, 0.1) is 17.7 Å². The Morgan fingerprint density at radius 1 is 1.03 bits per heavy atom. The van der Waals surface area contributed by atoms with E-state index in [1.807, 2.05) is 19.9 Å². The number of hydrogen-bond donors (Lipinski definition) is 0. The molecule has 0 spiro atoms. The van der Waals surface area contributed by atoms with Crippen LogP contribution in [0.3, 0.4) is 0 Å². The number of amides is 1. The van der Waals surface area contributed by atoms with Gasteiger partial charge in [-0.25, -0.2) is 8.42 Å². The third-order valence-electron chi connectivity index (χ3n) is 5.76. The molecular weight excluding hydrogens is 400 g/mol. The maximum absolute atomic E-state index is 13.6. The van der Waals surface area contributed by atoms with Gasteiger partial charge >= 0.3 is 0 Å². The van der Waals surface area contributed by atoms with Crippen molar-refractivity contribution in [1.82, 2.24) is 4.90 Å². The minimum Gasteiger partial charge on any atom is -0.495 e. The van der Waals surface area contributed by atoms with Gasteiger partial charge in [-0.2, -0.15) is 0 Å². The topological polar surface area (TPSA) is 66.9 Å². The summed E-state index contributed by atoms with van der Waals surface area (Å²) in [4.78, 5) is 15.0. The van der Waals surface area contributed by atoms with Crippen LogP contribution < -0.4 is 9.04 Å². The molecule has 0 unspecified atom stereocenters. The molecule has 30 heavy (non-hydrogen) atoms. The van der Waals surface area contributed by atoms with E-state index in [1.165, 1.54) is 11.4 Å². The zero-order valence-corrected chi connectivity index (χ0v) is 18.9. The molecule has 0 heterocycles. The maximum atomic E-state index is 13.6. The molecule has 0 N–H and O–H groups in total. The Labute approximate surface area is 179 Å². The first kappa shape index (κ1) is 22.2. The summed E-state index contributed by atoms with van der Waals surface area (Å²) in [6.07, 6.45) is 4.11. The van der Waals surface area contributed by atoms with E-state index in [2.05, 4.69) is 0 Å². The third kappa shape index (κ3) is 4.61. The molecule has 0 saturated heterocycles. The van der Waals surface area contributed by atoms with Gasteiger partial charge in [-0.3, -0.25) is 9.10 Å². The standard InChI is InChI=1S/C23H30N2O4S/c1-17-9-12-20(13-10-17)30(27,28)25(21-15-18(2)11-14-22(21)29-4)16-23(26)24(3)19-7-5-6-8-19/h9-15,19H,5-8,16H2,1-4H3. The lowest BCUT2D eigenvalue weighted by atomic mass is 10.2. The van der Waals surface area contributed by atoms with E-state index in [-0.39, 0.29) is 23.4 Å². The fourth-order valence-electron chi connectivity index (χ4n) is 3.86. The summed E-state index contributed by atoms with van der Waals surface area (Å²) in [5.41, 5.74) is 2.21. The van der Waals surface area contributed by atoms with Crippen molar-refractivity contribution in [2.24, 2.45) is 0 Å². The van der Waals surface area contributed by atoms with Crippen molar-refractivity contribution in [1.29, 1.82) is 0 Å². The molecule has 0 atom stereocenters. The monoisotopic (exact) mass is 430 g/mol. The number of methoxy groups -OCH3 is 1. The lowest BCUT2D eigenvalue weighted by Crippen LogP contribution is -2.44. The number of aryl methyl sites for hydroxylation is 2. The van der Waals surface area contributed by atoms with E-state index in [9.17, 15) is 13.2 Å². The Hall–Kier alpha value is -2.54. The summed E-state index contributed by atoms with van der Waals surface area (Å²) in [6.45, 7) is 3.51. The maximum Gasteiger partial charge on any atom is 0.264 e. The Balaban J connectivity index is 2.03. The molecule has 0 bridgehead atoms. The van der Waals surface area contributed by atoms with Crippen LogP contribution in [-0.4, -0.2) is 46.0 Å². The van der Waals surface area contributed by atoms with Crippen molar-refractivity contribution in [2.45, 2.75) is 50.5 Å². The summed E-state index contributed by atoms with van der Waals surface area (Å²) in [6, 6.07) is 12.2. The van der Waals surface area contributed by atoms with Crippen molar-refractivity contribution in [3.05, 3.63) is 53.6 Å². The molecule has 1 amide bonds. The molecule has 1 aliphatic carbocycles. The van der Waals surface area contributed by atoms with Crippen LogP contribution >= 0.6 is 0 Å². The van der Waals surface area contributed by atoms with Gasteiger partial charge in [0.2, 0.25) is 5.91 Å². The minimum atomic E-state index is -3.97. The number of carbonyl (C=O) groups excluding carboxylic acids is 1. The molecule has 0 aliphatic heterocycles. The largest absolute Gasteiger partial charge is 0.495 e. The molecule has 0 aromatic heterocycles. The predicted octanol–water partition coefficient (Wildman–Crippen LogP) is 3.91. The average Bonchev–Trinajstić information content (AvgIpc) is 3.26. The number of carbonyl (C=O) groups is 1. The summed E-state index contributed by atoms with van der Waals surface area (Å²) >= 11 is 0. The number of rotatable bonds is 7. The van der Waals surface area contributed by atoms with E-state index in [4.69, 9.17) is 4.74 Å². The summed E-state index contributed by atoms with van der Waals surface area (Å²) in [5, 5.41) is 0. The highest BCUT2D eigenvalue weighted by atomic mass is 32.2. The zero-order valence-electron chi connectivity index (χ0n) is 18.1. The number of likely N-dealkylation sites (N-methyl/N-ethyl adjacent to an activating group) is 1. The highest BCUT2D eigenvalue weighted by molar-refractivity contribution is 7.92. The molecular formula is C23H30N2O4S. The van der Waals surface area contributed by atoms with Crippen LogP contribution in [0.5, 0.6) is 5.75 Å². The van der Waals surface area contributed by atoms with Gasteiger partial charge < -0.3 is 9.64 Å². The van der Waals surface area contributed by atoms with Gasteiger partial charge in [0.1, 0.15) is 12.3 Å². The second-order valence-electron chi connectivity index (χ2n) is 7.94. The smallest absolute Gasteiger partial charge is 0.264 e. The number of sulfonamides is 1. The molecule has 162 valence electrons. The normalized spacial score (nSPS) is 14.5. The zero-order chi connectivity index (χ0) is 21.9. The summed E-state index contributed by atoms with van der Waals surface area (Å²) < 4.78 is 33.8. The molecule has 2 aromatic rings. The van der Waals surface area contributed by atoms with E-state index in [0.29, 0.717) is 11.4 Å². The van der Waals surface area contributed by atoms with Crippen molar-refractivity contribution in [3.63, 3.8) is 0 Å². The Bertz CT molecular complexity index is 996. The quantitative estimate of drug-likeness (QED) is 0.668. The van der Waals surface area contributed by atoms with Gasteiger partial charge in [-0.05, 0) is 56.5 Å². The van der Waals surface area contributed by atoms with Gasteiger partial charge in [0.25, 0.3) is 10.0 Å². The first-order chi connectivity index (χ1) is 14.2. The second kappa shape index (κ2) is 9.08. The molecule has 1 aliphatic rings. The number of benzene rings is 2. The molecule has 1 fully saturated rings. The van der Waals surface area contributed by atoms with Gasteiger partial charge in [0, 0.05) is 13.1 Å². The Morgan fingerprint density at radius 2 is 1.63 bits per heavy atom. The average molecular weight is 431 g/mol. The van der Waals surface area contributed by atoms with E-state index in [1.54, 1.807) is 48.3 Å². The number of nitrogens with zero attached hydrogens (tertiary/aromatic N) is 2. The highest BCUT2D eigenvalue weighted by Crippen LogP contribution is 2.34. The van der Waals surface area contributed by atoms with Crippen LogP contribution in [0.25, 0.3) is 0 Å². The lowest BCUT2D eigenvalue weighted by molar-refractivity contribution is -0.130. The van der Waals surface area contributed by atoms with Crippen molar-refractivity contribution in [3.8, 4) is 5.75 Å². The number of ether oxygens (including phenoxy) is 1. The van der Waals surface area contributed by atoms with Gasteiger partial charge in [-0.1, -0.05) is 36.6 Å². The van der Waals surface area contributed by atoms with Crippen LogP contribution in [0.2, 0.25) is 0 Å². The van der Waals surface area contributed by atoms with Crippen LogP contribution in [0, 0.1) is 13.8 Å². The Kier molecular flexibility index (Phi) is 6.71. The first-order valence-corrected chi connectivity index (χ1v) is 11.7. The fraction of sp³-hybridized carbons (Fsp3) is 0.435. The van der Waals surface area contributed by atoms with Crippen LogP contribution in [0.4, 0.5) is 5.69 Å². The van der Waals surface area contributed by atoms with E-state index < -0.39 is 10.0 Å². The fourth-order valence-corrected chi connectivity index (χ4v) is 5.28.